The fourth-order valence-electron chi connectivity index (χ4n) is 1.26. The quantitative estimate of drug-likeness (QED) is 0.825. The number of hydrogen-bond donors (Lipinski definition) is 1. The summed E-state index contributed by atoms with van der Waals surface area (Å²) in [5.74, 6) is -0.0902. The van der Waals surface area contributed by atoms with Crippen LogP contribution in [0.2, 0.25) is 10.0 Å². The molecule has 0 aliphatic carbocycles. The second-order valence-corrected chi connectivity index (χ2v) is 4.12. The molecule has 0 unspecified atom stereocenters. The molecule has 1 amide bonds. The molecule has 0 heterocycles. The van der Waals surface area contributed by atoms with Crippen molar-refractivity contribution in [2.45, 2.75) is 13.3 Å². The minimum atomic E-state index is -0.0902. The summed E-state index contributed by atoms with van der Waals surface area (Å²) < 4.78 is 0. The number of carbonyl (C=O) groups excluding carboxylic acids is 1. The number of allylic oxidation sites excluding steroid dienone is 1. The van der Waals surface area contributed by atoms with Gasteiger partial charge in [-0.05, 0) is 37.1 Å². The lowest BCUT2D eigenvalue weighted by atomic mass is 10.1. The SMILES string of the molecule is C/C=C/C(=O)NCCc1ccc(Cl)cc1Cl. The van der Waals surface area contributed by atoms with Crippen LogP contribution in [0.15, 0.2) is 30.4 Å². The number of carbonyl (C=O) groups is 1. The van der Waals surface area contributed by atoms with Crippen LogP contribution in [0.5, 0.6) is 0 Å². The Hall–Kier alpha value is -0.990. The van der Waals surface area contributed by atoms with Gasteiger partial charge in [0.15, 0.2) is 0 Å². The van der Waals surface area contributed by atoms with E-state index in [1.807, 2.05) is 6.07 Å². The van der Waals surface area contributed by atoms with Crippen molar-refractivity contribution in [1.82, 2.24) is 5.32 Å². The molecule has 0 aliphatic heterocycles. The van der Waals surface area contributed by atoms with Crippen molar-refractivity contribution in [1.29, 1.82) is 0 Å². The van der Waals surface area contributed by atoms with Crippen molar-refractivity contribution in [2.24, 2.45) is 0 Å². The van der Waals surface area contributed by atoms with Crippen LogP contribution in [0, 0.1) is 0 Å². The van der Waals surface area contributed by atoms with E-state index in [1.165, 1.54) is 6.08 Å². The Morgan fingerprint density at radius 3 is 2.81 bits per heavy atom. The molecule has 4 heteroatoms. The molecule has 16 heavy (non-hydrogen) atoms. The maximum Gasteiger partial charge on any atom is 0.243 e. The van der Waals surface area contributed by atoms with E-state index in [-0.39, 0.29) is 5.91 Å². The zero-order valence-electron chi connectivity index (χ0n) is 8.97. The van der Waals surface area contributed by atoms with Crippen LogP contribution in [0.3, 0.4) is 0 Å². The van der Waals surface area contributed by atoms with Crippen molar-refractivity contribution >= 4 is 29.1 Å². The Bertz CT molecular complexity index is 402. The van der Waals surface area contributed by atoms with E-state index < -0.39 is 0 Å². The molecule has 0 aromatic heterocycles. The fourth-order valence-corrected chi connectivity index (χ4v) is 1.76. The van der Waals surface area contributed by atoms with Crippen molar-refractivity contribution in [3.05, 3.63) is 46.0 Å². The highest BCUT2D eigenvalue weighted by Crippen LogP contribution is 2.20. The average Bonchev–Trinajstić information content (AvgIpc) is 2.22. The Kier molecular flexibility index (Phi) is 5.36. The zero-order chi connectivity index (χ0) is 12.0. The average molecular weight is 258 g/mol. The highest BCUT2D eigenvalue weighted by Gasteiger charge is 2.01. The highest BCUT2D eigenvalue weighted by atomic mass is 35.5. The molecule has 1 aromatic carbocycles. The summed E-state index contributed by atoms with van der Waals surface area (Å²) >= 11 is 11.8. The number of hydrogen-bond acceptors (Lipinski definition) is 1. The summed E-state index contributed by atoms with van der Waals surface area (Å²) in [4.78, 5) is 11.1. The number of halogens is 2. The van der Waals surface area contributed by atoms with Gasteiger partial charge in [-0.15, -0.1) is 0 Å². The lowest BCUT2D eigenvalue weighted by Gasteiger charge is -2.05. The lowest BCUT2D eigenvalue weighted by molar-refractivity contribution is -0.116. The number of benzene rings is 1. The molecular weight excluding hydrogens is 245 g/mol. The Morgan fingerprint density at radius 1 is 1.44 bits per heavy atom. The summed E-state index contributed by atoms with van der Waals surface area (Å²) in [5.41, 5.74) is 0.979. The van der Waals surface area contributed by atoms with Gasteiger partial charge in [-0.3, -0.25) is 4.79 Å². The minimum Gasteiger partial charge on any atom is -0.352 e. The van der Waals surface area contributed by atoms with Gasteiger partial charge in [-0.25, -0.2) is 0 Å². The second-order valence-electron chi connectivity index (χ2n) is 3.28. The third kappa shape index (κ3) is 4.25. The molecule has 0 fully saturated rings. The van der Waals surface area contributed by atoms with Crippen LogP contribution in [0.1, 0.15) is 12.5 Å². The number of nitrogens with one attached hydrogen (secondary N) is 1. The molecule has 1 N–H and O–H groups in total. The van der Waals surface area contributed by atoms with Crippen LogP contribution < -0.4 is 5.32 Å². The van der Waals surface area contributed by atoms with Crippen LogP contribution >= 0.6 is 23.2 Å². The number of rotatable bonds is 4. The van der Waals surface area contributed by atoms with Gasteiger partial charge < -0.3 is 5.32 Å². The summed E-state index contributed by atoms with van der Waals surface area (Å²) in [7, 11) is 0. The van der Waals surface area contributed by atoms with Gasteiger partial charge in [0, 0.05) is 16.6 Å². The van der Waals surface area contributed by atoms with Crippen LogP contribution in [0.4, 0.5) is 0 Å². The zero-order valence-corrected chi connectivity index (χ0v) is 10.5. The molecule has 0 aliphatic rings. The molecule has 86 valence electrons. The van der Waals surface area contributed by atoms with Gasteiger partial charge in [-0.1, -0.05) is 35.3 Å². The normalized spacial score (nSPS) is 10.7. The number of amides is 1. The molecule has 0 spiro atoms. The first-order chi connectivity index (χ1) is 7.63. The smallest absolute Gasteiger partial charge is 0.243 e. The van der Waals surface area contributed by atoms with Crippen molar-refractivity contribution < 1.29 is 4.79 Å². The van der Waals surface area contributed by atoms with E-state index >= 15 is 0 Å². The Labute approximate surface area is 105 Å². The largest absolute Gasteiger partial charge is 0.352 e. The van der Waals surface area contributed by atoms with E-state index in [4.69, 9.17) is 23.2 Å². The fraction of sp³-hybridized carbons (Fsp3) is 0.250. The van der Waals surface area contributed by atoms with Gasteiger partial charge in [0.1, 0.15) is 0 Å². The Balaban J connectivity index is 2.46. The third-order valence-corrected chi connectivity index (χ3v) is 2.61. The summed E-state index contributed by atoms with van der Waals surface area (Å²) in [6.45, 7) is 2.36. The highest BCUT2D eigenvalue weighted by molar-refractivity contribution is 6.35. The molecule has 0 radical (unpaired) electrons. The van der Waals surface area contributed by atoms with E-state index in [0.29, 0.717) is 23.0 Å². The van der Waals surface area contributed by atoms with Crippen LogP contribution in [0.25, 0.3) is 0 Å². The first kappa shape index (κ1) is 13.1. The lowest BCUT2D eigenvalue weighted by Crippen LogP contribution is -2.23. The van der Waals surface area contributed by atoms with Gasteiger partial charge in [0.2, 0.25) is 5.91 Å². The molecule has 1 rings (SSSR count). The monoisotopic (exact) mass is 257 g/mol. The summed E-state index contributed by atoms with van der Waals surface area (Å²) in [5, 5.41) is 4.01. The van der Waals surface area contributed by atoms with Crippen molar-refractivity contribution in [3.63, 3.8) is 0 Å². The van der Waals surface area contributed by atoms with Crippen LogP contribution in [-0.2, 0) is 11.2 Å². The topological polar surface area (TPSA) is 29.1 Å². The van der Waals surface area contributed by atoms with E-state index in [1.54, 1.807) is 25.1 Å². The molecule has 0 saturated heterocycles. The minimum absolute atomic E-state index is 0.0902. The van der Waals surface area contributed by atoms with Gasteiger partial charge in [0.25, 0.3) is 0 Å². The molecule has 1 aromatic rings. The molecule has 0 saturated carbocycles. The molecule has 0 atom stereocenters. The first-order valence-corrected chi connectivity index (χ1v) is 5.73. The van der Waals surface area contributed by atoms with Crippen molar-refractivity contribution in [3.8, 4) is 0 Å². The molecule has 0 bridgehead atoms. The van der Waals surface area contributed by atoms with E-state index in [9.17, 15) is 4.79 Å². The van der Waals surface area contributed by atoms with E-state index in [0.717, 1.165) is 5.56 Å². The second kappa shape index (κ2) is 6.56. The predicted octanol–water partition coefficient (Wildman–Crippen LogP) is 3.23. The molecular formula is C12H13Cl2NO. The van der Waals surface area contributed by atoms with E-state index in [2.05, 4.69) is 5.32 Å². The Morgan fingerprint density at radius 2 is 2.19 bits per heavy atom. The maximum absolute atomic E-state index is 11.1. The predicted molar refractivity (Wildman–Crippen MR) is 68.0 cm³/mol. The molecule has 2 nitrogen and oxygen atoms in total. The van der Waals surface area contributed by atoms with Gasteiger partial charge in [0.05, 0.1) is 0 Å². The summed E-state index contributed by atoms with van der Waals surface area (Å²) in [6.07, 6.45) is 3.88. The van der Waals surface area contributed by atoms with Gasteiger partial charge in [-0.2, -0.15) is 0 Å². The van der Waals surface area contributed by atoms with Crippen LogP contribution in [-0.4, -0.2) is 12.5 Å². The summed E-state index contributed by atoms with van der Waals surface area (Å²) in [6, 6.07) is 5.36. The van der Waals surface area contributed by atoms with Gasteiger partial charge >= 0.3 is 0 Å². The standard InChI is InChI=1S/C12H13Cl2NO/c1-2-3-12(16)15-7-6-9-4-5-10(13)8-11(9)14/h2-5,8H,6-7H2,1H3,(H,15,16)/b3-2+. The maximum atomic E-state index is 11.1. The van der Waals surface area contributed by atoms with Crippen molar-refractivity contribution in [2.75, 3.05) is 6.54 Å². The third-order valence-electron chi connectivity index (χ3n) is 2.03. The first-order valence-electron chi connectivity index (χ1n) is 4.98.